The molecule has 2 fully saturated rings. The van der Waals surface area contributed by atoms with Crippen molar-refractivity contribution in [3.63, 3.8) is 0 Å². The molecule has 2 aliphatic rings. The molecule has 2 atom stereocenters. The number of benzene rings is 2. The monoisotopic (exact) mass is 527 g/mol. The second-order valence-corrected chi connectivity index (χ2v) is 11.8. The van der Waals surface area contributed by atoms with Gasteiger partial charge in [0.25, 0.3) is 0 Å². The van der Waals surface area contributed by atoms with Crippen LogP contribution in [-0.2, 0) is 37.3 Å². The summed E-state index contributed by atoms with van der Waals surface area (Å²) in [4.78, 5) is 28.2. The third kappa shape index (κ3) is 7.18. The fraction of sp³-hybridized carbons (Fsp3) is 0.500. The van der Waals surface area contributed by atoms with Crippen molar-refractivity contribution in [2.24, 2.45) is 0 Å². The molecule has 2 aromatic carbocycles. The molecule has 8 nitrogen and oxygen atoms in total. The highest BCUT2D eigenvalue weighted by Gasteiger charge is 2.28. The van der Waals surface area contributed by atoms with E-state index in [9.17, 15) is 18.0 Å². The summed E-state index contributed by atoms with van der Waals surface area (Å²) >= 11 is 0. The molecule has 2 heterocycles. The number of nitrogens with one attached hydrogen (secondary N) is 1. The van der Waals surface area contributed by atoms with Gasteiger partial charge in [0.05, 0.1) is 11.0 Å². The van der Waals surface area contributed by atoms with Crippen molar-refractivity contribution in [1.82, 2.24) is 14.5 Å². The summed E-state index contributed by atoms with van der Waals surface area (Å²) in [7, 11) is -3.46. The van der Waals surface area contributed by atoms with E-state index in [1.165, 1.54) is 4.31 Å². The summed E-state index contributed by atoms with van der Waals surface area (Å²) in [6.07, 6.45) is 4.42. The van der Waals surface area contributed by atoms with Gasteiger partial charge in [-0.05, 0) is 62.3 Å². The van der Waals surface area contributed by atoms with Crippen LogP contribution in [0.25, 0.3) is 0 Å². The Labute approximate surface area is 220 Å². The SMILES string of the molecule is C[C@@H](C(=O)NC[C@@H]1CCCO1)N(Cc1ccccc1)C(=O)CCc1ccc(S(=O)(=O)N2CCCC2)cc1. The van der Waals surface area contributed by atoms with Crippen molar-refractivity contribution in [2.75, 3.05) is 26.2 Å². The molecule has 0 saturated carbocycles. The van der Waals surface area contributed by atoms with Crippen LogP contribution in [0.4, 0.5) is 0 Å². The van der Waals surface area contributed by atoms with Crippen molar-refractivity contribution in [2.45, 2.75) is 69.0 Å². The number of hydrogen-bond donors (Lipinski definition) is 1. The van der Waals surface area contributed by atoms with Crippen molar-refractivity contribution in [3.05, 3.63) is 65.7 Å². The van der Waals surface area contributed by atoms with Crippen molar-refractivity contribution in [1.29, 1.82) is 0 Å². The molecule has 2 saturated heterocycles. The van der Waals surface area contributed by atoms with Crippen molar-refractivity contribution >= 4 is 21.8 Å². The molecule has 0 spiro atoms. The molecular weight excluding hydrogens is 490 g/mol. The van der Waals surface area contributed by atoms with Gasteiger partial charge in [0.1, 0.15) is 6.04 Å². The van der Waals surface area contributed by atoms with Gasteiger partial charge >= 0.3 is 0 Å². The summed E-state index contributed by atoms with van der Waals surface area (Å²) in [6.45, 7) is 4.39. The van der Waals surface area contributed by atoms with Gasteiger partial charge in [-0.15, -0.1) is 0 Å². The van der Waals surface area contributed by atoms with Crippen LogP contribution >= 0.6 is 0 Å². The molecule has 37 heavy (non-hydrogen) atoms. The average molecular weight is 528 g/mol. The highest BCUT2D eigenvalue weighted by molar-refractivity contribution is 7.89. The van der Waals surface area contributed by atoms with Gasteiger partial charge in [0, 0.05) is 39.2 Å². The maximum atomic E-state index is 13.3. The van der Waals surface area contributed by atoms with E-state index in [0.29, 0.717) is 32.6 Å². The molecule has 0 bridgehead atoms. The Hall–Kier alpha value is -2.75. The molecule has 0 radical (unpaired) electrons. The first-order chi connectivity index (χ1) is 17.8. The standard InChI is InChI=1S/C28H37N3O5S/c1-22(28(33)29-20-25-10-7-19-36-25)31(21-24-8-3-2-4-9-24)27(32)16-13-23-11-14-26(15-12-23)37(34,35)30-17-5-6-18-30/h2-4,8-9,11-12,14-15,22,25H,5-7,10,13,16-21H2,1H3,(H,29,33)/t22-,25-/m0/s1. The Morgan fingerprint density at radius 3 is 2.38 bits per heavy atom. The fourth-order valence-corrected chi connectivity index (χ4v) is 6.35. The zero-order valence-corrected chi connectivity index (χ0v) is 22.3. The molecule has 200 valence electrons. The van der Waals surface area contributed by atoms with E-state index in [4.69, 9.17) is 4.74 Å². The zero-order chi connectivity index (χ0) is 26.3. The Morgan fingerprint density at radius 1 is 1.03 bits per heavy atom. The van der Waals surface area contributed by atoms with Crippen LogP contribution in [0.3, 0.4) is 0 Å². The van der Waals surface area contributed by atoms with Crippen LogP contribution in [0.1, 0.15) is 50.2 Å². The molecule has 2 amide bonds. The lowest BCUT2D eigenvalue weighted by Crippen LogP contribution is -2.49. The Balaban J connectivity index is 1.38. The Bertz CT molecular complexity index is 1140. The quantitative estimate of drug-likeness (QED) is 0.485. The third-order valence-electron chi connectivity index (χ3n) is 7.14. The normalized spacial score (nSPS) is 19.0. The van der Waals surface area contributed by atoms with Crippen LogP contribution in [0, 0.1) is 0 Å². The summed E-state index contributed by atoms with van der Waals surface area (Å²) in [5.41, 5.74) is 1.83. The lowest BCUT2D eigenvalue weighted by atomic mass is 10.1. The molecule has 0 aliphatic carbocycles. The maximum absolute atomic E-state index is 13.3. The molecule has 0 unspecified atom stereocenters. The van der Waals surface area contributed by atoms with Gasteiger partial charge in [0.2, 0.25) is 21.8 Å². The van der Waals surface area contributed by atoms with Crippen molar-refractivity contribution < 1.29 is 22.7 Å². The van der Waals surface area contributed by atoms with Crippen LogP contribution in [-0.4, -0.2) is 67.8 Å². The second-order valence-electron chi connectivity index (χ2n) is 9.82. The summed E-state index contributed by atoms with van der Waals surface area (Å²) < 4.78 is 32.7. The minimum Gasteiger partial charge on any atom is -0.376 e. The molecule has 9 heteroatoms. The van der Waals surface area contributed by atoms with E-state index in [1.807, 2.05) is 30.3 Å². The van der Waals surface area contributed by atoms with Gasteiger partial charge in [-0.3, -0.25) is 9.59 Å². The Morgan fingerprint density at radius 2 is 1.73 bits per heavy atom. The first-order valence-electron chi connectivity index (χ1n) is 13.2. The summed E-state index contributed by atoms with van der Waals surface area (Å²) in [5.74, 6) is -0.325. The number of rotatable bonds is 11. The molecule has 4 rings (SSSR count). The highest BCUT2D eigenvalue weighted by atomic mass is 32.2. The molecular formula is C28H37N3O5S. The first-order valence-corrected chi connectivity index (χ1v) is 14.6. The van der Waals surface area contributed by atoms with Gasteiger partial charge in [-0.25, -0.2) is 8.42 Å². The number of ether oxygens (including phenoxy) is 1. The lowest BCUT2D eigenvalue weighted by Gasteiger charge is -2.29. The minimum atomic E-state index is -3.46. The topological polar surface area (TPSA) is 96.0 Å². The van der Waals surface area contributed by atoms with Gasteiger partial charge in [-0.2, -0.15) is 4.31 Å². The van der Waals surface area contributed by atoms with Crippen molar-refractivity contribution in [3.8, 4) is 0 Å². The third-order valence-corrected chi connectivity index (χ3v) is 9.06. The number of sulfonamides is 1. The number of aryl methyl sites for hydroxylation is 1. The average Bonchev–Trinajstić information content (AvgIpc) is 3.65. The first kappa shape index (κ1) is 27.3. The largest absolute Gasteiger partial charge is 0.376 e. The van der Waals surface area contributed by atoms with Crippen LogP contribution in [0.2, 0.25) is 0 Å². The van der Waals surface area contributed by atoms with Crippen LogP contribution in [0.15, 0.2) is 59.5 Å². The molecule has 2 aromatic rings. The van der Waals surface area contributed by atoms with E-state index < -0.39 is 16.1 Å². The summed E-state index contributed by atoms with van der Waals surface area (Å²) in [6, 6.07) is 15.8. The predicted molar refractivity (Wildman–Crippen MR) is 141 cm³/mol. The van der Waals surface area contributed by atoms with E-state index in [0.717, 1.165) is 43.4 Å². The number of carbonyl (C=O) groups is 2. The number of hydrogen-bond acceptors (Lipinski definition) is 5. The van der Waals surface area contributed by atoms with E-state index in [2.05, 4.69) is 5.32 Å². The van der Waals surface area contributed by atoms with E-state index >= 15 is 0 Å². The Kier molecular flexibility index (Phi) is 9.34. The van der Waals surface area contributed by atoms with Crippen LogP contribution < -0.4 is 5.32 Å². The number of nitrogens with zero attached hydrogens (tertiary/aromatic N) is 2. The second kappa shape index (κ2) is 12.7. The zero-order valence-electron chi connectivity index (χ0n) is 21.5. The van der Waals surface area contributed by atoms with Gasteiger partial charge in [0.15, 0.2) is 0 Å². The molecule has 2 aliphatic heterocycles. The number of carbonyl (C=O) groups excluding carboxylic acids is 2. The minimum absolute atomic E-state index is 0.0340. The number of amides is 2. The van der Waals surface area contributed by atoms with Gasteiger partial charge in [-0.1, -0.05) is 42.5 Å². The van der Waals surface area contributed by atoms with E-state index in [1.54, 1.807) is 36.1 Å². The highest BCUT2D eigenvalue weighted by Crippen LogP contribution is 2.22. The van der Waals surface area contributed by atoms with Crippen LogP contribution in [0.5, 0.6) is 0 Å². The summed E-state index contributed by atoms with van der Waals surface area (Å²) in [5, 5.41) is 2.94. The fourth-order valence-electron chi connectivity index (χ4n) is 4.83. The van der Waals surface area contributed by atoms with E-state index in [-0.39, 0.29) is 29.2 Å². The van der Waals surface area contributed by atoms with Gasteiger partial charge < -0.3 is 15.0 Å². The lowest BCUT2D eigenvalue weighted by molar-refractivity contribution is -0.140. The predicted octanol–water partition coefficient (Wildman–Crippen LogP) is 3.12. The molecule has 0 aromatic heterocycles. The smallest absolute Gasteiger partial charge is 0.243 e. The molecule has 1 N–H and O–H groups in total. The maximum Gasteiger partial charge on any atom is 0.243 e.